The van der Waals surface area contributed by atoms with Crippen molar-refractivity contribution < 1.29 is 13.7 Å². The number of halogens is 1. The number of rotatable bonds is 4. The number of nitrogens with zero attached hydrogens (tertiary/aromatic N) is 2. The van der Waals surface area contributed by atoms with Crippen LogP contribution in [0.2, 0.25) is 0 Å². The molecule has 0 fully saturated rings. The molecule has 0 radical (unpaired) electrons. The molecule has 24 heavy (non-hydrogen) atoms. The summed E-state index contributed by atoms with van der Waals surface area (Å²) in [6, 6.07) is 3.62. The van der Waals surface area contributed by atoms with Gasteiger partial charge in [-0.2, -0.15) is 0 Å². The van der Waals surface area contributed by atoms with Crippen LogP contribution in [0, 0.1) is 20.8 Å². The third-order valence-corrected chi connectivity index (χ3v) is 3.61. The normalized spacial score (nSPS) is 10.7. The average Bonchev–Trinajstić information content (AvgIpc) is 3.06. The Morgan fingerprint density at radius 3 is 2.67 bits per heavy atom. The molecule has 128 valence electrons. The maximum atomic E-state index is 12.5. The average molecular weight is 351 g/mol. The molecule has 3 aromatic rings. The first kappa shape index (κ1) is 18.0. The fraction of sp³-hybridized carbons (Fsp3) is 0.312. The van der Waals surface area contributed by atoms with Gasteiger partial charge in [-0.1, -0.05) is 5.16 Å². The lowest BCUT2D eigenvalue weighted by Crippen LogP contribution is -2.29. The smallest absolute Gasteiger partial charge is 0.259 e. The summed E-state index contributed by atoms with van der Waals surface area (Å²) in [5.74, 6) is 1.29. The van der Waals surface area contributed by atoms with E-state index >= 15 is 0 Å². The molecule has 0 aliphatic heterocycles. The van der Waals surface area contributed by atoms with Crippen molar-refractivity contribution in [1.82, 2.24) is 15.5 Å². The molecule has 0 bridgehead atoms. The lowest BCUT2D eigenvalue weighted by atomic mass is 10.1. The Hall–Kier alpha value is -2.38. The van der Waals surface area contributed by atoms with E-state index < -0.39 is 0 Å². The maximum absolute atomic E-state index is 12.5. The van der Waals surface area contributed by atoms with E-state index in [0.29, 0.717) is 41.1 Å². The molecule has 3 N–H and O–H groups in total. The number of pyridine rings is 1. The molecule has 0 aliphatic rings. The van der Waals surface area contributed by atoms with Crippen LogP contribution in [-0.4, -0.2) is 29.1 Å². The maximum Gasteiger partial charge on any atom is 0.259 e. The number of furan rings is 1. The van der Waals surface area contributed by atoms with Gasteiger partial charge in [0.25, 0.3) is 11.6 Å². The molecular weight excluding hydrogens is 332 g/mol. The number of hydrogen-bond donors (Lipinski definition) is 2. The number of aromatic nitrogens is 2. The van der Waals surface area contributed by atoms with Gasteiger partial charge in [0.1, 0.15) is 11.5 Å². The second-order valence-corrected chi connectivity index (χ2v) is 5.37. The van der Waals surface area contributed by atoms with Gasteiger partial charge in [-0.3, -0.25) is 4.79 Å². The van der Waals surface area contributed by atoms with Gasteiger partial charge in [0.05, 0.1) is 22.3 Å². The van der Waals surface area contributed by atoms with Crippen LogP contribution < -0.4 is 11.1 Å². The Morgan fingerprint density at radius 1 is 1.29 bits per heavy atom. The van der Waals surface area contributed by atoms with E-state index in [9.17, 15) is 4.79 Å². The van der Waals surface area contributed by atoms with Crippen molar-refractivity contribution in [2.75, 3.05) is 13.1 Å². The minimum Gasteiger partial charge on any atom is -0.466 e. The van der Waals surface area contributed by atoms with E-state index in [4.69, 9.17) is 14.7 Å². The molecule has 7 nitrogen and oxygen atoms in total. The van der Waals surface area contributed by atoms with Gasteiger partial charge in [-0.25, -0.2) is 4.98 Å². The largest absolute Gasteiger partial charge is 0.466 e. The predicted molar refractivity (Wildman–Crippen MR) is 92.4 cm³/mol. The Labute approximate surface area is 145 Å². The van der Waals surface area contributed by atoms with Gasteiger partial charge in [-0.15, -0.1) is 12.4 Å². The number of carbonyl (C=O) groups is 1. The number of nitrogens with two attached hydrogens (primary N) is 1. The molecule has 3 rings (SSSR count). The molecule has 0 atom stereocenters. The third-order valence-electron chi connectivity index (χ3n) is 3.61. The standard InChI is InChI=1S/C16H18N4O3.ClH/c1-8-6-11(10(3)22-8)13-7-12(15(21)18-5-4-17)14-9(2)20-23-16(14)19-13;/h6-7H,4-5,17H2,1-3H3,(H,18,21);1H. The molecule has 0 aliphatic carbocycles. The minimum absolute atomic E-state index is 0. The third kappa shape index (κ3) is 3.13. The summed E-state index contributed by atoms with van der Waals surface area (Å²) in [6.07, 6.45) is 0. The zero-order valence-corrected chi connectivity index (χ0v) is 14.5. The zero-order chi connectivity index (χ0) is 16.6. The summed E-state index contributed by atoms with van der Waals surface area (Å²) < 4.78 is 10.8. The van der Waals surface area contributed by atoms with Crippen LogP contribution in [-0.2, 0) is 0 Å². The summed E-state index contributed by atoms with van der Waals surface area (Å²) >= 11 is 0. The highest BCUT2D eigenvalue weighted by atomic mass is 35.5. The molecule has 3 aromatic heterocycles. The fourth-order valence-electron chi connectivity index (χ4n) is 2.58. The number of hydrogen-bond acceptors (Lipinski definition) is 6. The molecule has 8 heteroatoms. The van der Waals surface area contributed by atoms with Crippen LogP contribution in [0.1, 0.15) is 27.6 Å². The summed E-state index contributed by atoms with van der Waals surface area (Å²) in [5, 5.41) is 7.30. The molecular formula is C16H19ClN4O3. The summed E-state index contributed by atoms with van der Waals surface area (Å²) in [7, 11) is 0. The van der Waals surface area contributed by atoms with E-state index in [-0.39, 0.29) is 18.3 Å². The second-order valence-electron chi connectivity index (χ2n) is 5.37. The van der Waals surface area contributed by atoms with Crippen LogP contribution in [0.4, 0.5) is 0 Å². The highest BCUT2D eigenvalue weighted by Gasteiger charge is 2.20. The first-order chi connectivity index (χ1) is 11.0. The van der Waals surface area contributed by atoms with Gasteiger partial charge in [0.15, 0.2) is 0 Å². The van der Waals surface area contributed by atoms with E-state index in [1.807, 2.05) is 19.9 Å². The number of fused-ring (bicyclic) bond motifs is 1. The van der Waals surface area contributed by atoms with Gasteiger partial charge >= 0.3 is 0 Å². The molecule has 1 amide bonds. The second kappa shape index (κ2) is 7.02. The molecule has 0 aromatic carbocycles. The summed E-state index contributed by atoms with van der Waals surface area (Å²) in [4.78, 5) is 16.9. The molecule has 0 unspecified atom stereocenters. The van der Waals surface area contributed by atoms with Crippen LogP contribution in [0.5, 0.6) is 0 Å². The Bertz CT molecular complexity index is 885. The van der Waals surface area contributed by atoms with Crippen molar-refractivity contribution >= 4 is 29.4 Å². The Balaban J connectivity index is 0.00000208. The molecule has 0 saturated heterocycles. The predicted octanol–water partition coefficient (Wildman–Crippen LogP) is 2.52. The monoisotopic (exact) mass is 350 g/mol. The van der Waals surface area contributed by atoms with Gasteiger partial charge in [0, 0.05) is 18.7 Å². The summed E-state index contributed by atoms with van der Waals surface area (Å²) in [5.41, 5.74) is 8.31. The molecule has 0 spiro atoms. The fourth-order valence-corrected chi connectivity index (χ4v) is 2.58. The number of carbonyl (C=O) groups excluding carboxylic acids is 1. The highest BCUT2D eigenvalue weighted by Crippen LogP contribution is 2.30. The van der Waals surface area contributed by atoms with E-state index in [2.05, 4.69) is 15.5 Å². The van der Waals surface area contributed by atoms with Gasteiger partial charge in [-0.05, 0) is 32.9 Å². The van der Waals surface area contributed by atoms with Crippen molar-refractivity contribution in [2.24, 2.45) is 5.73 Å². The Morgan fingerprint density at radius 2 is 2.04 bits per heavy atom. The van der Waals surface area contributed by atoms with Crippen molar-refractivity contribution in [3.05, 3.63) is 34.9 Å². The quantitative estimate of drug-likeness (QED) is 0.748. The van der Waals surface area contributed by atoms with Crippen molar-refractivity contribution in [1.29, 1.82) is 0 Å². The van der Waals surface area contributed by atoms with Crippen molar-refractivity contribution in [2.45, 2.75) is 20.8 Å². The zero-order valence-electron chi connectivity index (χ0n) is 13.7. The Kier molecular flexibility index (Phi) is 5.26. The SMILES string of the molecule is Cc1cc(-c2cc(C(=O)NCCN)c3c(C)noc3n2)c(C)o1.Cl. The van der Waals surface area contributed by atoms with Crippen molar-refractivity contribution in [3.63, 3.8) is 0 Å². The van der Waals surface area contributed by atoms with Gasteiger partial charge in [0.2, 0.25) is 0 Å². The minimum atomic E-state index is -0.228. The highest BCUT2D eigenvalue weighted by molar-refractivity contribution is 6.07. The van der Waals surface area contributed by atoms with Crippen LogP contribution in [0.15, 0.2) is 21.1 Å². The van der Waals surface area contributed by atoms with Crippen LogP contribution in [0.3, 0.4) is 0 Å². The first-order valence-corrected chi connectivity index (χ1v) is 7.34. The van der Waals surface area contributed by atoms with E-state index in [1.54, 1.807) is 13.0 Å². The lowest BCUT2D eigenvalue weighted by molar-refractivity contribution is 0.0956. The number of amides is 1. The van der Waals surface area contributed by atoms with Crippen molar-refractivity contribution in [3.8, 4) is 11.3 Å². The topological polar surface area (TPSA) is 107 Å². The van der Waals surface area contributed by atoms with Crippen LogP contribution >= 0.6 is 12.4 Å². The number of nitrogens with one attached hydrogen (secondary N) is 1. The van der Waals surface area contributed by atoms with Crippen LogP contribution in [0.25, 0.3) is 22.4 Å². The van der Waals surface area contributed by atoms with E-state index in [0.717, 1.165) is 17.1 Å². The molecule has 0 saturated carbocycles. The van der Waals surface area contributed by atoms with Gasteiger partial charge < -0.3 is 20.0 Å². The summed E-state index contributed by atoms with van der Waals surface area (Å²) in [6.45, 7) is 6.26. The number of aryl methyl sites for hydroxylation is 3. The lowest BCUT2D eigenvalue weighted by Gasteiger charge is -2.07. The van der Waals surface area contributed by atoms with E-state index in [1.165, 1.54) is 0 Å². The molecule has 3 heterocycles. The first-order valence-electron chi connectivity index (χ1n) is 7.34.